The molecule has 0 saturated carbocycles. The van der Waals surface area contributed by atoms with Gasteiger partial charge in [-0.25, -0.2) is 0 Å². The standard InChI is InChI=1S/C18H17IN2O2/c1-23-17-11-4-2-3-5-14(11)20-16(17)9-13-12-8-10(19)6-7-15(12)21-18(13)22/h6-9,20H,2-5H2,1H3,(H,21,22). The van der Waals surface area contributed by atoms with Crippen LogP contribution in [0.25, 0.3) is 11.6 Å². The molecule has 0 atom stereocenters. The Balaban J connectivity index is 1.84. The Kier molecular flexibility index (Phi) is 3.67. The highest BCUT2D eigenvalue weighted by atomic mass is 127. The van der Waals surface area contributed by atoms with E-state index >= 15 is 0 Å². The molecule has 2 N–H and O–H groups in total. The molecule has 118 valence electrons. The molecule has 4 nitrogen and oxygen atoms in total. The third kappa shape index (κ3) is 2.47. The maximum Gasteiger partial charge on any atom is 0.256 e. The molecule has 1 aromatic heterocycles. The number of hydrogen-bond donors (Lipinski definition) is 2. The number of rotatable bonds is 2. The van der Waals surface area contributed by atoms with Crippen LogP contribution in [0.5, 0.6) is 5.75 Å². The number of aromatic amines is 1. The molecular formula is C18H17IN2O2. The number of benzene rings is 1. The summed E-state index contributed by atoms with van der Waals surface area (Å²) in [6, 6.07) is 5.98. The number of aryl methyl sites for hydroxylation is 1. The van der Waals surface area contributed by atoms with Gasteiger partial charge in [0.2, 0.25) is 0 Å². The lowest BCUT2D eigenvalue weighted by molar-refractivity contribution is -0.110. The molecule has 0 spiro atoms. The predicted molar refractivity (Wildman–Crippen MR) is 99.6 cm³/mol. The lowest BCUT2D eigenvalue weighted by Gasteiger charge is -2.11. The Morgan fingerprint density at radius 1 is 1.26 bits per heavy atom. The number of carbonyl (C=O) groups excluding carboxylic acids is 1. The number of amides is 1. The maximum atomic E-state index is 12.4. The SMILES string of the molecule is COc1c(C=C2C(=O)Nc3ccc(I)cc32)[nH]c2c1CCCC2. The van der Waals surface area contributed by atoms with Crippen LogP contribution in [-0.2, 0) is 17.6 Å². The minimum atomic E-state index is -0.0587. The van der Waals surface area contributed by atoms with E-state index in [0.717, 1.165) is 39.1 Å². The highest BCUT2D eigenvalue weighted by Gasteiger charge is 2.26. The van der Waals surface area contributed by atoms with E-state index < -0.39 is 0 Å². The Hall–Kier alpha value is -1.76. The van der Waals surface area contributed by atoms with E-state index in [4.69, 9.17) is 4.74 Å². The molecule has 0 fully saturated rings. The number of halogens is 1. The second kappa shape index (κ2) is 5.70. The summed E-state index contributed by atoms with van der Waals surface area (Å²) in [5, 5.41) is 2.93. The summed E-state index contributed by atoms with van der Waals surface area (Å²) in [7, 11) is 1.70. The highest BCUT2D eigenvalue weighted by molar-refractivity contribution is 14.1. The smallest absolute Gasteiger partial charge is 0.256 e. The summed E-state index contributed by atoms with van der Waals surface area (Å²) in [5.41, 5.74) is 5.94. The number of fused-ring (bicyclic) bond motifs is 2. The third-order valence-electron chi connectivity index (χ3n) is 4.53. The van der Waals surface area contributed by atoms with Crippen molar-refractivity contribution in [3.63, 3.8) is 0 Å². The number of anilines is 1. The van der Waals surface area contributed by atoms with E-state index in [1.54, 1.807) is 7.11 Å². The number of ether oxygens (including phenoxy) is 1. The van der Waals surface area contributed by atoms with Crippen molar-refractivity contribution < 1.29 is 9.53 Å². The van der Waals surface area contributed by atoms with Crippen LogP contribution in [0.4, 0.5) is 5.69 Å². The third-order valence-corrected chi connectivity index (χ3v) is 5.20. The van der Waals surface area contributed by atoms with Gasteiger partial charge >= 0.3 is 0 Å². The molecule has 23 heavy (non-hydrogen) atoms. The average molecular weight is 420 g/mol. The Morgan fingerprint density at radius 3 is 2.91 bits per heavy atom. The quantitative estimate of drug-likeness (QED) is 0.570. The summed E-state index contributed by atoms with van der Waals surface area (Å²) >= 11 is 2.27. The van der Waals surface area contributed by atoms with Crippen LogP contribution in [0.1, 0.15) is 35.4 Å². The molecule has 2 aromatic rings. The minimum Gasteiger partial charge on any atom is -0.494 e. The number of H-pyrrole nitrogens is 1. The fraction of sp³-hybridized carbons (Fsp3) is 0.278. The largest absolute Gasteiger partial charge is 0.494 e. The fourth-order valence-electron chi connectivity index (χ4n) is 3.46. The molecule has 0 radical (unpaired) electrons. The molecule has 0 unspecified atom stereocenters. The molecule has 0 bridgehead atoms. The lowest BCUT2D eigenvalue weighted by Crippen LogP contribution is -2.03. The van der Waals surface area contributed by atoms with Crippen LogP contribution in [0.2, 0.25) is 0 Å². The van der Waals surface area contributed by atoms with Gasteiger partial charge in [0.25, 0.3) is 5.91 Å². The van der Waals surface area contributed by atoms with Crippen molar-refractivity contribution >= 4 is 45.8 Å². The first-order valence-electron chi connectivity index (χ1n) is 7.78. The summed E-state index contributed by atoms with van der Waals surface area (Å²) in [6.07, 6.45) is 6.41. The van der Waals surface area contributed by atoms with Gasteiger partial charge in [-0.05, 0) is 72.5 Å². The second-order valence-corrected chi connectivity index (χ2v) is 7.18. The van der Waals surface area contributed by atoms with Gasteiger partial charge in [-0.1, -0.05) is 0 Å². The maximum absolute atomic E-state index is 12.4. The van der Waals surface area contributed by atoms with Gasteiger partial charge < -0.3 is 15.0 Å². The zero-order valence-corrected chi connectivity index (χ0v) is 15.0. The van der Waals surface area contributed by atoms with Gasteiger partial charge in [-0.3, -0.25) is 4.79 Å². The van der Waals surface area contributed by atoms with E-state index in [2.05, 4.69) is 32.9 Å². The first-order valence-corrected chi connectivity index (χ1v) is 8.86. The summed E-state index contributed by atoms with van der Waals surface area (Å²) in [4.78, 5) is 15.8. The van der Waals surface area contributed by atoms with Gasteiger partial charge in [0.15, 0.2) is 0 Å². The number of aromatic nitrogens is 1. The van der Waals surface area contributed by atoms with Crippen molar-refractivity contribution in [2.45, 2.75) is 25.7 Å². The first-order chi connectivity index (χ1) is 11.2. The average Bonchev–Trinajstić information content (AvgIpc) is 3.05. The van der Waals surface area contributed by atoms with E-state index in [1.807, 2.05) is 24.3 Å². The molecule has 4 rings (SSSR count). The number of hydrogen-bond acceptors (Lipinski definition) is 2. The van der Waals surface area contributed by atoms with Gasteiger partial charge in [0.05, 0.1) is 18.4 Å². The summed E-state index contributed by atoms with van der Waals surface area (Å²) in [5.74, 6) is 0.829. The number of methoxy groups -OCH3 is 1. The van der Waals surface area contributed by atoms with E-state index in [-0.39, 0.29) is 5.91 Å². The van der Waals surface area contributed by atoms with Crippen LogP contribution in [0.3, 0.4) is 0 Å². The van der Waals surface area contributed by atoms with Crippen molar-refractivity contribution in [3.8, 4) is 5.75 Å². The molecule has 2 aliphatic rings. The molecule has 1 amide bonds. The minimum absolute atomic E-state index is 0.0587. The second-order valence-electron chi connectivity index (χ2n) is 5.94. The molecule has 2 heterocycles. The topological polar surface area (TPSA) is 54.1 Å². The molecule has 1 aromatic carbocycles. The molecular weight excluding hydrogens is 403 g/mol. The normalized spacial score (nSPS) is 17.8. The molecule has 5 heteroatoms. The zero-order valence-electron chi connectivity index (χ0n) is 12.8. The van der Waals surface area contributed by atoms with Crippen molar-refractivity contribution in [2.24, 2.45) is 0 Å². The molecule has 1 aliphatic heterocycles. The number of carbonyl (C=O) groups is 1. The van der Waals surface area contributed by atoms with Gasteiger partial charge in [0, 0.05) is 26.1 Å². The van der Waals surface area contributed by atoms with Crippen molar-refractivity contribution in [2.75, 3.05) is 12.4 Å². The van der Waals surface area contributed by atoms with E-state index in [9.17, 15) is 4.79 Å². The van der Waals surface area contributed by atoms with Crippen molar-refractivity contribution in [1.82, 2.24) is 4.98 Å². The monoisotopic (exact) mass is 420 g/mol. The zero-order chi connectivity index (χ0) is 16.0. The lowest BCUT2D eigenvalue weighted by atomic mass is 9.97. The van der Waals surface area contributed by atoms with Gasteiger partial charge in [-0.2, -0.15) is 0 Å². The van der Waals surface area contributed by atoms with Crippen LogP contribution < -0.4 is 10.1 Å². The van der Waals surface area contributed by atoms with E-state index in [0.29, 0.717) is 5.57 Å². The van der Waals surface area contributed by atoms with Crippen molar-refractivity contribution in [1.29, 1.82) is 0 Å². The Labute approximate surface area is 148 Å². The fourth-order valence-corrected chi connectivity index (χ4v) is 3.95. The first kappa shape index (κ1) is 14.8. The van der Waals surface area contributed by atoms with Crippen LogP contribution in [0, 0.1) is 3.57 Å². The Bertz CT molecular complexity index is 836. The summed E-state index contributed by atoms with van der Waals surface area (Å²) < 4.78 is 6.74. The van der Waals surface area contributed by atoms with Crippen LogP contribution in [0.15, 0.2) is 18.2 Å². The number of nitrogens with one attached hydrogen (secondary N) is 2. The van der Waals surface area contributed by atoms with Crippen LogP contribution in [-0.4, -0.2) is 18.0 Å². The summed E-state index contributed by atoms with van der Waals surface area (Å²) in [6.45, 7) is 0. The van der Waals surface area contributed by atoms with Gasteiger partial charge in [-0.15, -0.1) is 0 Å². The van der Waals surface area contributed by atoms with E-state index in [1.165, 1.54) is 24.1 Å². The molecule has 1 aliphatic carbocycles. The van der Waals surface area contributed by atoms with Crippen molar-refractivity contribution in [3.05, 3.63) is 44.3 Å². The molecule has 0 saturated heterocycles. The van der Waals surface area contributed by atoms with Crippen LogP contribution >= 0.6 is 22.6 Å². The highest BCUT2D eigenvalue weighted by Crippen LogP contribution is 2.38. The predicted octanol–water partition coefficient (Wildman–Crippen LogP) is 4.00. The Morgan fingerprint density at radius 2 is 2.09 bits per heavy atom. The van der Waals surface area contributed by atoms with Gasteiger partial charge in [0.1, 0.15) is 5.75 Å².